The Kier molecular flexibility index (Phi) is 14.2. The van der Waals surface area contributed by atoms with E-state index in [-0.39, 0.29) is 23.8 Å². The normalized spacial score (nSPS) is 16.1. The zero-order valence-corrected chi connectivity index (χ0v) is 26.3. The number of terminal acetylenes is 1. The van der Waals surface area contributed by atoms with Gasteiger partial charge in [-0.25, -0.2) is 4.79 Å². The molecule has 1 aliphatic rings. The quantitative estimate of drug-likeness (QED) is 0.189. The van der Waals surface area contributed by atoms with E-state index in [4.69, 9.17) is 11.2 Å². The predicted molar refractivity (Wildman–Crippen MR) is 165 cm³/mol. The Balaban J connectivity index is 2.53. The second-order valence-electron chi connectivity index (χ2n) is 12.4. The number of nitrogens with one attached hydrogen (secondary N) is 2. The van der Waals surface area contributed by atoms with Crippen LogP contribution in [0.5, 0.6) is 0 Å². The summed E-state index contributed by atoms with van der Waals surface area (Å²) < 4.78 is 5.52. The lowest BCUT2D eigenvalue weighted by Crippen LogP contribution is -2.56. The fraction of sp³-hybridized carbons (Fsp3) is 0.676. The summed E-state index contributed by atoms with van der Waals surface area (Å²) in [5.74, 6) is 2.03. The van der Waals surface area contributed by atoms with Gasteiger partial charge in [0, 0.05) is 18.2 Å². The van der Waals surface area contributed by atoms with Crippen molar-refractivity contribution in [2.75, 3.05) is 6.54 Å². The molecule has 3 amide bonds. The third kappa shape index (κ3) is 11.1. The van der Waals surface area contributed by atoms with Gasteiger partial charge in [-0.15, -0.1) is 6.42 Å². The molecule has 7 nitrogen and oxygen atoms in total. The number of rotatable bonds is 14. The molecule has 1 aromatic carbocycles. The van der Waals surface area contributed by atoms with E-state index < -0.39 is 23.8 Å². The molecule has 0 spiro atoms. The average molecular weight is 568 g/mol. The Morgan fingerprint density at radius 3 is 2.32 bits per heavy atom. The summed E-state index contributed by atoms with van der Waals surface area (Å²) in [4.78, 5) is 43.2. The van der Waals surface area contributed by atoms with Gasteiger partial charge >= 0.3 is 6.09 Å². The molecule has 2 rings (SSSR count). The van der Waals surface area contributed by atoms with E-state index in [1.165, 1.54) is 6.42 Å². The number of amides is 3. The van der Waals surface area contributed by atoms with Gasteiger partial charge in [-0.05, 0) is 57.6 Å². The van der Waals surface area contributed by atoms with E-state index in [0.717, 1.165) is 57.8 Å². The molecule has 0 saturated heterocycles. The van der Waals surface area contributed by atoms with Crippen molar-refractivity contribution in [3.63, 3.8) is 0 Å². The monoisotopic (exact) mass is 567 g/mol. The Morgan fingerprint density at radius 1 is 1.05 bits per heavy atom. The average Bonchev–Trinajstić information content (AvgIpc) is 2.94. The Morgan fingerprint density at radius 2 is 1.71 bits per heavy atom. The number of carbonyl (C=O) groups excluding carboxylic acids is 3. The molecule has 1 aliphatic carbocycles. The molecule has 0 radical (unpaired) electrons. The first-order valence-corrected chi connectivity index (χ1v) is 15.7. The van der Waals surface area contributed by atoms with Crippen LogP contribution in [0.2, 0.25) is 0 Å². The van der Waals surface area contributed by atoms with Crippen molar-refractivity contribution in [3.05, 3.63) is 35.4 Å². The van der Waals surface area contributed by atoms with Crippen LogP contribution in [-0.2, 0) is 14.3 Å². The number of benzene rings is 1. The van der Waals surface area contributed by atoms with Crippen LogP contribution in [0.4, 0.5) is 4.79 Å². The van der Waals surface area contributed by atoms with E-state index in [2.05, 4.69) is 23.5 Å². The SMILES string of the molecule is C#Cc1ccccc1C(C(=O)NC1CCCCC1)N(CCCCCCC)C(=O)C(NC(=O)OC(C)(C)C)C(C)CC. The molecule has 0 heterocycles. The van der Waals surface area contributed by atoms with Gasteiger partial charge in [0.25, 0.3) is 0 Å². The molecule has 0 aromatic heterocycles. The Hall–Kier alpha value is -3.01. The molecular weight excluding hydrogens is 514 g/mol. The van der Waals surface area contributed by atoms with Gasteiger partial charge in [0.1, 0.15) is 17.7 Å². The lowest BCUT2D eigenvalue weighted by atomic mass is 9.92. The van der Waals surface area contributed by atoms with Crippen molar-refractivity contribution in [1.29, 1.82) is 0 Å². The van der Waals surface area contributed by atoms with Crippen LogP contribution in [0, 0.1) is 18.3 Å². The first kappa shape index (κ1) is 34.2. The highest BCUT2D eigenvalue weighted by molar-refractivity contribution is 5.92. The summed E-state index contributed by atoms with van der Waals surface area (Å²) in [5, 5.41) is 6.10. The lowest BCUT2D eigenvalue weighted by molar-refractivity contribution is -0.144. The fourth-order valence-corrected chi connectivity index (χ4v) is 5.39. The number of hydrogen-bond donors (Lipinski definition) is 2. The molecule has 228 valence electrons. The van der Waals surface area contributed by atoms with Crippen LogP contribution in [0.1, 0.15) is 129 Å². The van der Waals surface area contributed by atoms with Crippen LogP contribution in [0.15, 0.2) is 24.3 Å². The molecular formula is C34H53N3O4. The number of alkyl carbamates (subject to hydrolysis) is 1. The highest BCUT2D eigenvalue weighted by atomic mass is 16.6. The molecule has 7 heteroatoms. The first-order valence-electron chi connectivity index (χ1n) is 15.7. The van der Waals surface area contributed by atoms with Gasteiger partial charge in [0.05, 0.1) is 0 Å². The van der Waals surface area contributed by atoms with Crippen molar-refractivity contribution in [1.82, 2.24) is 15.5 Å². The number of unbranched alkanes of at least 4 members (excludes halogenated alkanes) is 4. The van der Waals surface area contributed by atoms with Gasteiger partial charge in [0.2, 0.25) is 11.8 Å². The highest BCUT2D eigenvalue weighted by Crippen LogP contribution is 2.29. The van der Waals surface area contributed by atoms with Crippen molar-refractivity contribution in [2.24, 2.45) is 5.92 Å². The van der Waals surface area contributed by atoms with Crippen LogP contribution in [-0.4, -0.2) is 47.0 Å². The molecule has 2 N–H and O–H groups in total. The van der Waals surface area contributed by atoms with E-state index in [1.807, 2.05) is 38.1 Å². The summed E-state index contributed by atoms with van der Waals surface area (Å²) in [5.41, 5.74) is 0.505. The number of carbonyl (C=O) groups is 3. The summed E-state index contributed by atoms with van der Waals surface area (Å²) in [6.45, 7) is 11.8. The summed E-state index contributed by atoms with van der Waals surface area (Å²) in [7, 11) is 0. The Bertz CT molecular complexity index is 1020. The van der Waals surface area contributed by atoms with Gasteiger partial charge in [-0.3, -0.25) is 9.59 Å². The topological polar surface area (TPSA) is 87.7 Å². The fourth-order valence-electron chi connectivity index (χ4n) is 5.39. The minimum absolute atomic E-state index is 0.0727. The third-order valence-electron chi connectivity index (χ3n) is 7.86. The smallest absolute Gasteiger partial charge is 0.408 e. The van der Waals surface area contributed by atoms with Gasteiger partial charge < -0.3 is 20.3 Å². The van der Waals surface area contributed by atoms with Crippen LogP contribution in [0.3, 0.4) is 0 Å². The molecule has 1 fully saturated rings. The zero-order chi connectivity index (χ0) is 30.4. The van der Waals surface area contributed by atoms with E-state index in [9.17, 15) is 14.4 Å². The molecule has 1 saturated carbocycles. The van der Waals surface area contributed by atoms with Crippen LogP contribution < -0.4 is 10.6 Å². The van der Waals surface area contributed by atoms with Crippen molar-refractivity contribution in [2.45, 2.75) is 136 Å². The molecule has 1 aromatic rings. The van der Waals surface area contributed by atoms with Crippen molar-refractivity contribution >= 4 is 17.9 Å². The summed E-state index contributed by atoms with van der Waals surface area (Å²) >= 11 is 0. The molecule has 0 bridgehead atoms. The lowest BCUT2D eigenvalue weighted by Gasteiger charge is -2.37. The summed E-state index contributed by atoms with van der Waals surface area (Å²) in [6.07, 6.45) is 16.1. The predicted octanol–water partition coefficient (Wildman–Crippen LogP) is 6.90. The molecule has 41 heavy (non-hydrogen) atoms. The molecule has 3 atom stereocenters. The third-order valence-corrected chi connectivity index (χ3v) is 7.86. The van der Waals surface area contributed by atoms with Crippen molar-refractivity contribution < 1.29 is 19.1 Å². The second-order valence-corrected chi connectivity index (χ2v) is 12.4. The Labute approximate surface area is 248 Å². The van der Waals surface area contributed by atoms with E-state index in [0.29, 0.717) is 24.1 Å². The van der Waals surface area contributed by atoms with Gasteiger partial charge in [-0.2, -0.15) is 0 Å². The highest BCUT2D eigenvalue weighted by Gasteiger charge is 2.39. The maximum Gasteiger partial charge on any atom is 0.408 e. The van der Waals surface area contributed by atoms with Gasteiger partial charge in [0.15, 0.2) is 0 Å². The molecule has 3 unspecified atom stereocenters. The zero-order valence-electron chi connectivity index (χ0n) is 26.3. The number of nitrogens with zero attached hydrogens (tertiary/aromatic N) is 1. The maximum atomic E-state index is 14.5. The number of hydrogen-bond acceptors (Lipinski definition) is 4. The summed E-state index contributed by atoms with van der Waals surface area (Å²) in [6, 6.07) is 5.67. The number of ether oxygens (including phenoxy) is 1. The van der Waals surface area contributed by atoms with E-state index >= 15 is 0 Å². The van der Waals surface area contributed by atoms with Crippen LogP contribution >= 0.6 is 0 Å². The minimum Gasteiger partial charge on any atom is -0.444 e. The van der Waals surface area contributed by atoms with Gasteiger partial charge in [-0.1, -0.05) is 96.3 Å². The maximum absolute atomic E-state index is 14.5. The van der Waals surface area contributed by atoms with Crippen molar-refractivity contribution in [3.8, 4) is 12.3 Å². The molecule has 0 aliphatic heterocycles. The first-order chi connectivity index (χ1) is 19.5. The minimum atomic E-state index is -0.908. The standard InChI is InChI=1S/C34H53N3O4/c1-8-11-12-13-19-24-37(32(39)29(25(4)9-2)36-33(40)41-34(5,6)7)30(28-23-18-17-20-26(28)10-3)31(38)35-27-21-15-14-16-22-27/h3,17-18,20,23,25,27,29-30H,8-9,11-16,19,21-22,24H2,1-2,4-7H3,(H,35,38)(H,36,40). The van der Waals surface area contributed by atoms with E-state index in [1.54, 1.807) is 25.7 Å². The second kappa shape index (κ2) is 17.1. The van der Waals surface area contributed by atoms with Crippen LogP contribution in [0.25, 0.3) is 0 Å². The largest absolute Gasteiger partial charge is 0.444 e.